The van der Waals surface area contributed by atoms with Crippen molar-refractivity contribution >= 4 is 32.9 Å². The number of aliphatic hydroxyl groups is 4. The van der Waals surface area contributed by atoms with Crippen LogP contribution in [0.5, 0.6) is 5.75 Å². The molecule has 0 bridgehead atoms. The van der Waals surface area contributed by atoms with E-state index in [0.717, 1.165) is 0 Å². The summed E-state index contributed by atoms with van der Waals surface area (Å²) in [6, 6.07) is 4.11. The van der Waals surface area contributed by atoms with Gasteiger partial charge in [0, 0.05) is 29.5 Å². The third-order valence-corrected chi connectivity index (χ3v) is 5.46. The molecular formula is C21H21BrO10. The largest absolute Gasteiger partial charge is 0.461 e. The minimum absolute atomic E-state index is 0.0522. The first kappa shape index (κ1) is 24.2. The fourth-order valence-corrected chi connectivity index (χ4v) is 3.57. The Balaban J connectivity index is 1.86. The molecule has 0 saturated carbocycles. The minimum Gasteiger partial charge on any atom is -0.461 e. The Labute approximate surface area is 190 Å². The normalized spacial score (nSPS) is 25.3. The molecule has 2 aromatic rings. The number of rotatable bonds is 7. The van der Waals surface area contributed by atoms with Gasteiger partial charge in [0.25, 0.3) is 0 Å². The number of hydrogen-bond donors (Lipinski definition) is 4. The summed E-state index contributed by atoms with van der Waals surface area (Å²) in [6.45, 7) is -0.785. The molecule has 10 nitrogen and oxygen atoms in total. The van der Waals surface area contributed by atoms with E-state index in [0.29, 0.717) is 15.4 Å². The lowest BCUT2D eigenvalue weighted by Crippen LogP contribution is -2.60. The monoisotopic (exact) mass is 512 g/mol. The van der Waals surface area contributed by atoms with Gasteiger partial charge in [0.2, 0.25) is 6.29 Å². The zero-order chi connectivity index (χ0) is 23.4. The van der Waals surface area contributed by atoms with Crippen LogP contribution in [0.15, 0.2) is 31.9 Å². The van der Waals surface area contributed by atoms with Gasteiger partial charge in [0.1, 0.15) is 42.4 Å². The summed E-state index contributed by atoms with van der Waals surface area (Å²) in [7, 11) is 0. The summed E-state index contributed by atoms with van der Waals surface area (Å²) in [5, 5.41) is 39.7. The van der Waals surface area contributed by atoms with Crippen LogP contribution in [0.2, 0.25) is 0 Å². The SMILES string of the molecule is C#CCCC(=O)OCc1cc(=O)oc2cc(O[C@@H]3O[C@H](CO)[C@H](O)[C@H](O)[C@H]3O)c(Br)cc12. The van der Waals surface area contributed by atoms with Gasteiger partial charge < -0.3 is 39.1 Å². The Kier molecular flexibility index (Phi) is 7.89. The van der Waals surface area contributed by atoms with Crippen molar-refractivity contribution in [2.75, 3.05) is 6.61 Å². The first-order chi connectivity index (χ1) is 15.2. The van der Waals surface area contributed by atoms with Gasteiger partial charge in [-0.15, -0.1) is 12.3 Å². The van der Waals surface area contributed by atoms with Gasteiger partial charge in [-0.25, -0.2) is 4.79 Å². The second-order valence-corrected chi connectivity index (χ2v) is 7.90. The highest BCUT2D eigenvalue weighted by atomic mass is 79.9. The van der Waals surface area contributed by atoms with Crippen molar-refractivity contribution in [1.29, 1.82) is 0 Å². The molecule has 0 amide bonds. The van der Waals surface area contributed by atoms with Crippen LogP contribution in [0.3, 0.4) is 0 Å². The molecule has 0 spiro atoms. The number of carbonyl (C=O) groups excluding carboxylic acids is 1. The molecule has 1 aromatic heterocycles. The molecule has 11 heteroatoms. The highest BCUT2D eigenvalue weighted by molar-refractivity contribution is 9.10. The number of carbonyl (C=O) groups is 1. The maximum atomic E-state index is 12.0. The molecule has 5 atom stereocenters. The van der Waals surface area contributed by atoms with Crippen molar-refractivity contribution in [3.63, 3.8) is 0 Å². The number of hydrogen-bond acceptors (Lipinski definition) is 10. The zero-order valence-electron chi connectivity index (χ0n) is 16.6. The fraction of sp³-hybridized carbons (Fsp3) is 0.429. The quantitative estimate of drug-likeness (QED) is 0.229. The summed E-state index contributed by atoms with van der Waals surface area (Å²) in [4.78, 5) is 23.7. The first-order valence-corrected chi connectivity index (χ1v) is 10.4. The van der Waals surface area contributed by atoms with Crippen molar-refractivity contribution < 1.29 is 43.8 Å². The fourth-order valence-electron chi connectivity index (χ4n) is 3.13. The molecule has 1 aliphatic rings. The molecule has 0 aliphatic carbocycles. The molecule has 32 heavy (non-hydrogen) atoms. The van der Waals surface area contributed by atoms with Gasteiger partial charge in [-0.1, -0.05) is 0 Å². The minimum atomic E-state index is -1.61. The maximum Gasteiger partial charge on any atom is 0.336 e. The molecule has 1 fully saturated rings. The molecule has 4 N–H and O–H groups in total. The molecule has 172 valence electrons. The van der Waals surface area contributed by atoms with Crippen LogP contribution >= 0.6 is 15.9 Å². The molecular weight excluding hydrogens is 492 g/mol. The van der Waals surface area contributed by atoms with E-state index in [1.165, 1.54) is 12.1 Å². The maximum absolute atomic E-state index is 12.0. The lowest BCUT2D eigenvalue weighted by Gasteiger charge is -2.39. The average Bonchev–Trinajstić information content (AvgIpc) is 2.77. The first-order valence-electron chi connectivity index (χ1n) is 9.57. The van der Waals surface area contributed by atoms with E-state index in [-0.39, 0.29) is 30.8 Å². The number of halogens is 1. The topological polar surface area (TPSA) is 156 Å². The number of benzene rings is 1. The van der Waals surface area contributed by atoms with Crippen LogP contribution in [0.1, 0.15) is 18.4 Å². The summed E-state index contributed by atoms with van der Waals surface area (Å²) in [5.41, 5.74) is -0.186. The second kappa shape index (κ2) is 10.4. The van der Waals surface area contributed by atoms with Crippen molar-refractivity contribution in [2.24, 2.45) is 0 Å². The van der Waals surface area contributed by atoms with Crippen LogP contribution in [0.25, 0.3) is 11.0 Å². The van der Waals surface area contributed by atoms with Crippen molar-refractivity contribution in [3.8, 4) is 18.1 Å². The van der Waals surface area contributed by atoms with E-state index in [1.54, 1.807) is 6.07 Å². The van der Waals surface area contributed by atoms with Gasteiger partial charge in [0.15, 0.2) is 0 Å². The Bertz CT molecular complexity index is 1070. The molecule has 1 saturated heterocycles. The van der Waals surface area contributed by atoms with Crippen LogP contribution in [-0.2, 0) is 20.9 Å². The molecule has 0 radical (unpaired) electrons. The molecule has 0 unspecified atom stereocenters. The number of aliphatic hydroxyl groups excluding tert-OH is 4. The number of esters is 1. The van der Waals surface area contributed by atoms with Crippen molar-refractivity contribution in [3.05, 3.63) is 38.7 Å². The Morgan fingerprint density at radius 1 is 1.19 bits per heavy atom. The third kappa shape index (κ3) is 5.29. The van der Waals surface area contributed by atoms with Crippen LogP contribution < -0.4 is 10.4 Å². The van der Waals surface area contributed by atoms with E-state index in [9.17, 15) is 30.0 Å². The van der Waals surface area contributed by atoms with Crippen LogP contribution in [0, 0.1) is 12.3 Å². The molecule has 1 aromatic carbocycles. The van der Waals surface area contributed by atoms with E-state index < -0.39 is 48.9 Å². The predicted molar refractivity (Wildman–Crippen MR) is 112 cm³/mol. The Morgan fingerprint density at radius 2 is 1.94 bits per heavy atom. The lowest BCUT2D eigenvalue weighted by molar-refractivity contribution is -0.277. The van der Waals surface area contributed by atoms with E-state index in [2.05, 4.69) is 21.9 Å². The van der Waals surface area contributed by atoms with E-state index in [4.69, 9.17) is 25.1 Å². The van der Waals surface area contributed by atoms with Gasteiger partial charge in [-0.2, -0.15) is 0 Å². The van der Waals surface area contributed by atoms with Crippen molar-refractivity contribution in [1.82, 2.24) is 0 Å². The summed E-state index contributed by atoms with van der Waals surface area (Å²) in [5.74, 6) is 1.92. The smallest absolute Gasteiger partial charge is 0.336 e. The van der Waals surface area contributed by atoms with Crippen LogP contribution in [-0.4, -0.2) is 63.7 Å². The number of ether oxygens (including phenoxy) is 3. The average molecular weight is 513 g/mol. The summed E-state index contributed by atoms with van der Waals surface area (Å²) < 4.78 is 21.7. The third-order valence-electron chi connectivity index (χ3n) is 4.84. The van der Waals surface area contributed by atoms with Gasteiger partial charge in [0.05, 0.1) is 17.5 Å². The number of terminal acetylenes is 1. The number of fused-ring (bicyclic) bond motifs is 1. The van der Waals surface area contributed by atoms with Gasteiger partial charge >= 0.3 is 11.6 Å². The predicted octanol–water partition coefficient (Wildman–Crippen LogP) is 0.191. The van der Waals surface area contributed by atoms with E-state index in [1.807, 2.05) is 0 Å². The molecule has 2 heterocycles. The Morgan fingerprint density at radius 3 is 2.62 bits per heavy atom. The van der Waals surface area contributed by atoms with E-state index >= 15 is 0 Å². The molecule has 3 rings (SSSR count). The molecule has 1 aliphatic heterocycles. The highest BCUT2D eigenvalue weighted by Gasteiger charge is 2.44. The second-order valence-electron chi connectivity index (χ2n) is 7.05. The standard InChI is InChI=1S/C21H21BrO10/c1-2-3-4-16(24)29-9-10-5-17(25)30-13-7-14(12(22)6-11(10)13)31-21-20(28)19(27)18(26)15(8-23)32-21/h1,5-7,15,18-21,23,26-28H,3-4,8-9H2/t15-,18+,19+,20-,21-/m1/s1. The zero-order valence-corrected chi connectivity index (χ0v) is 18.2. The summed E-state index contributed by atoms with van der Waals surface area (Å²) in [6.07, 6.45) is -1.92. The highest BCUT2D eigenvalue weighted by Crippen LogP contribution is 2.34. The van der Waals surface area contributed by atoms with Crippen LogP contribution in [0.4, 0.5) is 0 Å². The summed E-state index contributed by atoms with van der Waals surface area (Å²) >= 11 is 3.32. The van der Waals surface area contributed by atoms with Gasteiger partial charge in [-0.3, -0.25) is 4.79 Å². The van der Waals surface area contributed by atoms with Crippen molar-refractivity contribution in [2.45, 2.75) is 50.2 Å². The van der Waals surface area contributed by atoms with Gasteiger partial charge in [-0.05, 0) is 22.0 Å². The Hall–Kier alpha value is -2.46. The lowest BCUT2D eigenvalue weighted by atomic mass is 9.99.